The van der Waals surface area contributed by atoms with E-state index in [0.717, 1.165) is 0 Å². The first-order chi connectivity index (χ1) is 11.7. The zero-order chi connectivity index (χ0) is 18.1. The number of benzene rings is 2. The molecule has 0 aliphatic carbocycles. The van der Waals surface area contributed by atoms with E-state index < -0.39 is 17.0 Å². The predicted octanol–water partition coefficient (Wildman–Crippen LogP) is 4.61. The van der Waals surface area contributed by atoms with Gasteiger partial charge in [0.2, 0.25) is 0 Å². The SMILES string of the molecule is CC(C)c1c(F)c2c3nonc3c(C(C)(C)C)c(F)c2c2nonc12. The largest absolute Gasteiger partial charge is 0.243 e. The van der Waals surface area contributed by atoms with Gasteiger partial charge < -0.3 is 0 Å². The van der Waals surface area contributed by atoms with Gasteiger partial charge in [0.25, 0.3) is 0 Å². The summed E-state index contributed by atoms with van der Waals surface area (Å²) in [5, 5.41) is 15.3. The van der Waals surface area contributed by atoms with Crippen LogP contribution in [0.3, 0.4) is 0 Å². The topological polar surface area (TPSA) is 77.8 Å². The van der Waals surface area contributed by atoms with E-state index in [9.17, 15) is 0 Å². The van der Waals surface area contributed by atoms with Crippen molar-refractivity contribution in [2.75, 3.05) is 0 Å². The van der Waals surface area contributed by atoms with Gasteiger partial charge in [0.05, 0.1) is 10.8 Å². The van der Waals surface area contributed by atoms with Crippen molar-refractivity contribution >= 4 is 32.8 Å². The Morgan fingerprint density at radius 1 is 0.760 bits per heavy atom. The summed E-state index contributed by atoms with van der Waals surface area (Å²) in [6.45, 7) is 9.14. The van der Waals surface area contributed by atoms with E-state index in [0.29, 0.717) is 5.56 Å². The molecule has 0 fully saturated rings. The summed E-state index contributed by atoms with van der Waals surface area (Å²) in [5.41, 5.74) is 0.759. The van der Waals surface area contributed by atoms with Gasteiger partial charge in [0.15, 0.2) is 0 Å². The van der Waals surface area contributed by atoms with E-state index in [1.807, 2.05) is 34.6 Å². The van der Waals surface area contributed by atoms with Crippen molar-refractivity contribution in [3.63, 3.8) is 0 Å². The van der Waals surface area contributed by atoms with Crippen molar-refractivity contribution in [1.29, 1.82) is 0 Å². The molecule has 0 atom stereocenters. The maximum atomic E-state index is 15.5. The number of aromatic nitrogens is 4. The highest BCUT2D eigenvalue weighted by Crippen LogP contribution is 2.42. The predicted molar refractivity (Wildman–Crippen MR) is 87.4 cm³/mol. The van der Waals surface area contributed by atoms with Gasteiger partial charge in [-0.3, -0.25) is 0 Å². The minimum absolute atomic E-state index is 0.00588. The van der Waals surface area contributed by atoms with E-state index in [2.05, 4.69) is 20.6 Å². The normalized spacial score (nSPS) is 13.0. The third-order valence-electron chi connectivity index (χ3n) is 4.41. The van der Waals surface area contributed by atoms with Gasteiger partial charge in [-0.15, -0.1) is 0 Å². The van der Waals surface area contributed by atoms with E-state index in [-0.39, 0.29) is 44.3 Å². The van der Waals surface area contributed by atoms with Crippen LogP contribution >= 0.6 is 0 Å². The molecule has 2 aromatic carbocycles. The zero-order valence-corrected chi connectivity index (χ0v) is 14.4. The van der Waals surface area contributed by atoms with E-state index in [1.165, 1.54) is 0 Å². The summed E-state index contributed by atoms with van der Waals surface area (Å²) < 4.78 is 40.5. The molecule has 8 heteroatoms. The lowest BCUT2D eigenvalue weighted by Crippen LogP contribution is -2.15. The standard InChI is InChI=1S/C17H16F2N4O2/c1-6(2)7-11(18)8-9(14-13(7)20-24-21-14)12(19)10(17(3,4)5)16-15(8)22-25-23-16/h6H,1-5H3. The summed E-state index contributed by atoms with van der Waals surface area (Å²) in [6, 6.07) is 0. The summed E-state index contributed by atoms with van der Waals surface area (Å²) in [7, 11) is 0. The van der Waals surface area contributed by atoms with Crippen LogP contribution < -0.4 is 0 Å². The Morgan fingerprint density at radius 3 is 1.80 bits per heavy atom. The maximum Gasteiger partial charge on any atom is 0.146 e. The molecule has 0 saturated heterocycles. The highest BCUT2D eigenvalue weighted by molar-refractivity contribution is 6.16. The quantitative estimate of drug-likeness (QED) is 0.501. The number of fused-ring (bicyclic) bond motifs is 5. The van der Waals surface area contributed by atoms with Crippen molar-refractivity contribution in [1.82, 2.24) is 20.6 Å². The summed E-state index contributed by atoms with van der Waals surface area (Å²) in [5.74, 6) is -1.42. The molecule has 0 radical (unpaired) electrons. The van der Waals surface area contributed by atoms with Crippen LogP contribution in [-0.2, 0) is 5.41 Å². The van der Waals surface area contributed by atoms with Gasteiger partial charge in [-0.2, -0.15) is 0 Å². The third kappa shape index (κ3) is 1.99. The molecule has 0 aliphatic rings. The highest BCUT2D eigenvalue weighted by Gasteiger charge is 2.32. The molecule has 0 saturated carbocycles. The number of rotatable bonds is 1. The molecule has 0 N–H and O–H groups in total. The molecule has 2 heterocycles. The van der Waals surface area contributed by atoms with Gasteiger partial charge in [0, 0.05) is 11.1 Å². The minimum atomic E-state index is -0.611. The Balaban J connectivity index is 2.39. The van der Waals surface area contributed by atoms with Crippen LogP contribution in [0.25, 0.3) is 32.8 Å². The molecule has 0 bridgehead atoms. The third-order valence-corrected chi connectivity index (χ3v) is 4.41. The summed E-state index contributed by atoms with van der Waals surface area (Å²) in [4.78, 5) is 0. The summed E-state index contributed by atoms with van der Waals surface area (Å²) in [6.07, 6.45) is 0. The molecule has 130 valence electrons. The fraction of sp³-hybridized carbons (Fsp3) is 0.412. The average molecular weight is 346 g/mol. The molecule has 0 unspecified atom stereocenters. The molecular formula is C17H16F2N4O2. The Morgan fingerprint density at radius 2 is 1.24 bits per heavy atom. The second-order valence-corrected chi connectivity index (χ2v) is 7.49. The Bertz CT molecular complexity index is 1140. The van der Waals surface area contributed by atoms with Crippen LogP contribution in [0.1, 0.15) is 51.7 Å². The van der Waals surface area contributed by atoms with Crippen molar-refractivity contribution in [2.45, 2.75) is 46.0 Å². The molecule has 4 aromatic rings. The first-order valence-electron chi connectivity index (χ1n) is 7.95. The molecule has 25 heavy (non-hydrogen) atoms. The van der Waals surface area contributed by atoms with Crippen LogP contribution in [0.4, 0.5) is 8.78 Å². The average Bonchev–Trinajstić information content (AvgIpc) is 3.13. The highest BCUT2D eigenvalue weighted by atomic mass is 19.1. The number of hydrogen-bond donors (Lipinski definition) is 0. The minimum Gasteiger partial charge on any atom is -0.243 e. The van der Waals surface area contributed by atoms with Crippen LogP contribution in [0.5, 0.6) is 0 Å². The number of nitrogens with zero attached hydrogens (tertiary/aromatic N) is 4. The Kier molecular flexibility index (Phi) is 3.13. The Labute approximate surface area is 141 Å². The van der Waals surface area contributed by atoms with Gasteiger partial charge in [0.1, 0.15) is 33.7 Å². The van der Waals surface area contributed by atoms with Crippen LogP contribution in [0.15, 0.2) is 9.26 Å². The first kappa shape index (κ1) is 15.9. The van der Waals surface area contributed by atoms with Crippen LogP contribution in [-0.4, -0.2) is 20.6 Å². The molecule has 0 spiro atoms. The molecule has 2 aromatic heterocycles. The first-order valence-corrected chi connectivity index (χ1v) is 7.95. The van der Waals surface area contributed by atoms with Crippen molar-refractivity contribution in [2.24, 2.45) is 0 Å². The summed E-state index contributed by atoms with van der Waals surface area (Å²) >= 11 is 0. The Hall–Kier alpha value is -2.64. The van der Waals surface area contributed by atoms with E-state index in [1.54, 1.807) is 0 Å². The maximum absolute atomic E-state index is 15.5. The lowest BCUT2D eigenvalue weighted by atomic mass is 9.83. The van der Waals surface area contributed by atoms with Crippen molar-refractivity contribution in [3.8, 4) is 0 Å². The second kappa shape index (κ2) is 4.93. The molecule has 0 aliphatic heterocycles. The monoisotopic (exact) mass is 346 g/mol. The lowest BCUT2D eigenvalue weighted by Gasteiger charge is -2.21. The fourth-order valence-electron chi connectivity index (χ4n) is 3.39. The number of hydrogen-bond acceptors (Lipinski definition) is 6. The lowest BCUT2D eigenvalue weighted by molar-refractivity contribution is 0.315. The van der Waals surface area contributed by atoms with Crippen molar-refractivity contribution < 1.29 is 18.0 Å². The van der Waals surface area contributed by atoms with Crippen molar-refractivity contribution in [3.05, 3.63) is 22.8 Å². The van der Waals surface area contributed by atoms with E-state index >= 15 is 8.78 Å². The molecule has 6 nitrogen and oxygen atoms in total. The van der Waals surface area contributed by atoms with Gasteiger partial charge >= 0.3 is 0 Å². The molecule has 4 rings (SSSR count). The zero-order valence-electron chi connectivity index (χ0n) is 14.4. The second-order valence-electron chi connectivity index (χ2n) is 7.49. The fourth-order valence-corrected chi connectivity index (χ4v) is 3.39. The van der Waals surface area contributed by atoms with Gasteiger partial charge in [-0.1, -0.05) is 34.6 Å². The smallest absolute Gasteiger partial charge is 0.146 e. The molecule has 0 amide bonds. The molecular weight excluding hydrogens is 330 g/mol. The van der Waals surface area contributed by atoms with Gasteiger partial charge in [-0.25, -0.2) is 18.0 Å². The van der Waals surface area contributed by atoms with E-state index in [4.69, 9.17) is 9.26 Å². The van der Waals surface area contributed by atoms with Gasteiger partial charge in [-0.05, 0) is 32.0 Å². The number of halogens is 2. The van der Waals surface area contributed by atoms with Crippen LogP contribution in [0.2, 0.25) is 0 Å². The van der Waals surface area contributed by atoms with Crippen LogP contribution in [0, 0.1) is 11.6 Å².